The van der Waals surface area contributed by atoms with Crippen LogP contribution in [-0.4, -0.2) is 23.1 Å². The molecule has 0 bridgehead atoms. The van der Waals surface area contributed by atoms with E-state index >= 15 is 0 Å². The van der Waals surface area contributed by atoms with E-state index in [1.54, 1.807) is 0 Å². The average Bonchev–Trinajstić information content (AvgIpc) is 2.59. The second-order valence-corrected chi connectivity index (χ2v) is 5.71. The molecule has 0 saturated carbocycles. The minimum Gasteiger partial charge on any atom is -0.383 e. The van der Waals surface area contributed by atoms with E-state index in [9.17, 15) is 0 Å². The lowest BCUT2D eigenvalue weighted by Crippen LogP contribution is -2.21. The van der Waals surface area contributed by atoms with Gasteiger partial charge >= 0.3 is 0 Å². The van der Waals surface area contributed by atoms with Crippen LogP contribution in [0.4, 0.5) is 11.5 Å². The van der Waals surface area contributed by atoms with Crippen LogP contribution in [0.2, 0.25) is 0 Å². The van der Waals surface area contributed by atoms with Crippen LogP contribution in [-0.2, 0) is 0 Å². The van der Waals surface area contributed by atoms with Crippen molar-refractivity contribution in [1.82, 2.24) is 9.97 Å². The average molecular weight is 343 g/mol. The zero-order valence-corrected chi connectivity index (χ0v) is 15.1. The third-order valence-corrected chi connectivity index (χ3v) is 4.03. The normalized spacial score (nSPS) is 12.6. The summed E-state index contributed by atoms with van der Waals surface area (Å²) in [6, 6.07) is 4.16. The van der Waals surface area contributed by atoms with Gasteiger partial charge in [0.2, 0.25) is 0 Å². The summed E-state index contributed by atoms with van der Waals surface area (Å²) in [5.41, 5.74) is 8.95. The first-order valence-corrected chi connectivity index (χ1v) is 8.44. The second-order valence-electron chi connectivity index (χ2n) is 5.27. The van der Waals surface area contributed by atoms with Gasteiger partial charge in [-0.1, -0.05) is 29.8 Å². The van der Waals surface area contributed by atoms with Crippen LogP contribution in [0.25, 0.3) is 17.0 Å². The minimum absolute atomic E-state index is 0.485. The fraction of sp³-hybridized carbons (Fsp3) is 0.263. The fourth-order valence-corrected chi connectivity index (χ4v) is 2.65. The Morgan fingerprint density at radius 1 is 1.25 bits per heavy atom. The molecule has 4 nitrogen and oxygen atoms in total. The molecule has 2 rings (SSSR count). The summed E-state index contributed by atoms with van der Waals surface area (Å²) in [6.07, 6.45) is 11.0. The molecule has 0 saturated heterocycles. The number of hydrogen-bond donors (Lipinski definition) is 1. The SMILES string of the molecule is C\C=C/C=C(Cl)\C=C\c1cc(N(CC)CC)cc2c(N)ncnc12. The number of nitrogen functional groups attached to an aromatic ring is 1. The van der Waals surface area contributed by atoms with Crippen LogP contribution in [0.3, 0.4) is 0 Å². The number of aromatic nitrogens is 2. The molecule has 0 unspecified atom stereocenters. The van der Waals surface area contributed by atoms with Crippen molar-refractivity contribution in [3.8, 4) is 0 Å². The van der Waals surface area contributed by atoms with E-state index in [0.717, 1.165) is 35.2 Å². The summed E-state index contributed by atoms with van der Waals surface area (Å²) < 4.78 is 0. The molecule has 0 aliphatic carbocycles. The lowest BCUT2D eigenvalue weighted by atomic mass is 10.1. The van der Waals surface area contributed by atoms with Crippen LogP contribution >= 0.6 is 11.6 Å². The molecule has 1 aromatic heterocycles. The highest BCUT2D eigenvalue weighted by molar-refractivity contribution is 6.31. The van der Waals surface area contributed by atoms with Crippen molar-refractivity contribution in [2.75, 3.05) is 23.7 Å². The number of nitrogens with two attached hydrogens (primary N) is 1. The molecule has 0 atom stereocenters. The molecule has 2 aromatic rings. The van der Waals surface area contributed by atoms with Crippen LogP contribution in [0.5, 0.6) is 0 Å². The lowest BCUT2D eigenvalue weighted by molar-refractivity contribution is 0.867. The summed E-state index contributed by atoms with van der Waals surface area (Å²) >= 11 is 6.20. The van der Waals surface area contributed by atoms with Gasteiger partial charge in [-0.15, -0.1) is 0 Å². The summed E-state index contributed by atoms with van der Waals surface area (Å²) in [7, 11) is 0. The third-order valence-electron chi connectivity index (χ3n) is 3.78. The standard InChI is InChI=1S/C19H23ClN4/c1-4-7-8-15(20)10-9-14-11-16(24(5-2)6-3)12-17-18(14)22-13-23-19(17)21/h4,7-13H,5-6H2,1-3H3,(H2,21,22,23)/b7-4-,10-9+,15-8+. The number of halogens is 1. The van der Waals surface area contributed by atoms with Gasteiger partial charge in [-0.2, -0.15) is 0 Å². The highest BCUT2D eigenvalue weighted by Crippen LogP contribution is 2.29. The molecule has 2 N–H and O–H groups in total. The van der Waals surface area contributed by atoms with E-state index in [1.807, 2.05) is 43.4 Å². The number of allylic oxidation sites excluding steroid dienone is 5. The van der Waals surface area contributed by atoms with Crippen LogP contribution in [0, 0.1) is 0 Å². The Hall–Kier alpha value is -2.33. The van der Waals surface area contributed by atoms with Crippen molar-refractivity contribution in [2.45, 2.75) is 20.8 Å². The Balaban J connectivity index is 2.58. The van der Waals surface area contributed by atoms with Crippen molar-refractivity contribution in [3.63, 3.8) is 0 Å². The number of benzene rings is 1. The van der Waals surface area contributed by atoms with Gasteiger partial charge in [-0.25, -0.2) is 9.97 Å². The van der Waals surface area contributed by atoms with Gasteiger partial charge in [0.1, 0.15) is 12.1 Å². The Morgan fingerprint density at radius 2 is 2.00 bits per heavy atom. The summed E-state index contributed by atoms with van der Waals surface area (Å²) in [5, 5.41) is 1.51. The zero-order valence-electron chi connectivity index (χ0n) is 14.3. The number of fused-ring (bicyclic) bond motifs is 1. The van der Waals surface area contributed by atoms with Crippen molar-refractivity contribution in [3.05, 3.63) is 53.4 Å². The highest BCUT2D eigenvalue weighted by Gasteiger charge is 2.10. The first-order chi connectivity index (χ1) is 11.6. The van der Waals surface area contributed by atoms with Gasteiger partial charge in [0.25, 0.3) is 0 Å². The maximum Gasteiger partial charge on any atom is 0.134 e. The number of hydrogen-bond acceptors (Lipinski definition) is 4. The summed E-state index contributed by atoms with van der Waals surface area (Å²) in [5.74, 6) is 0.485. The van der Waals surface area contributed by atoms with E-state index in [1.165, 1.54) is 6.33 Å². The smallest absolute Gasteiger partial charge is 0.134 e. The van der Waals surface area contributed by atoms with Gasteiger partial charge < -0.3 is 10.6 Å². The van der Waals surface area contributed by atoms with E-state index in [4.69, 9.17) is 17.3 Å². The van der Waals surface area contributed by atoms with Gasteiger partial charge in [-0.3, -0.25) is 0 Å². The molecule has 0 radical (unpaired) electrons. The molecule has 0 aliphatic heterocycles. The molecule has 0 amide bonds. The molecule has 5 heteroatoms. The van der Waals surface area contributed by atoms with Gasteiger partial charge in [0, 0.05) is 34.8 Å². The van der Waals surface area contributed by atoms with Gasteiger partial charge in [0.15, 0.2) is 0 Å². The quantitative estimate of drug-likeness (QED) is 0.768. The van der Waals surface area contributed by atoms with E-state index in [2.05, 4.69) is 34.8 Å². The summed E-state index contributed by atoms with van der Waals surface area (Å²) in [6.45, 7) is 8.04. The molecule has 24 heavy (non-hydrogen) atoms. The monoisotopic (exact) mass is 342 g/mol. The first-order valence-electron chi connectivity index (χ1n) is 8.06. The molecule has 1 heterocycles. The fourth-order valence-electron chi connectivity index (χ4n) is 2.51. The molecule has 0 aliphatic rings. The van der Waals surface area contributed by atoms with Crippen LogP contribution in [0.15, 0.2) is 47.8 Å². The minimum atomic E-state index is 0.485. The second kappa shape index (κ2) is 8.50. The Labute approximate surface area is 148 Å². The molecular formula is C19H23ClN4. The maximum atomic E-state index is 6.20. The van der Waals surface area contributed by atoms with Crippen molar-refractivity contribution in [1.29, 1.82) is 0 Å². The van der Waals surface area contributed by atoms with E-state index in [-0.39, 0.29) is 0 Å². The number of anilines is 2. The van der Waals surface area contributed by atoms with E-state index in [0.29, 0.717) is 10.9 Å². The first kappa shape index (κ1) is 18.0. The zero-order chi connectivity index (χ0) is 17.5. The maximum absolute atomic E-state index is 6.20. The Bertz CT molecular complexity index is 789. The number of rotatable bonds is 6. The van der Waals surface area contributed by atoms with Gasteiger partial charge in [-0.05, 0) is 45.1 Å². The van der Waals surface area contributed by atoms with Crippen molar-refractivity contribution in [2.24, 2.45) is 0 Å². The van der Waals surface area contributed by atoms with Crippen LogP contribution < -0.4 is 10.6 Å². The summed E-state index contributed by atoms with van der Waals surface area (Å²) in [4.78, 5) is 10.8. The highest BCUT2D eigenvalue weighted by atomic mass is 35.5. The Morgan fingerprint density at radius 3 is 2.67 bits per heavy atom. The van der Waals surface area contributed by atoms with Crippen LogP contribution in [0.1, 0.15) is 26.3 Å². The predicted molar refractivity (Wildman–Crippen MR) is 105 cm³/mol. The van der Waals surface area contributed by atoms with E-state index < -0.39 is 0 Å². The van der Waals surface area contributed by atoms with Crippen molar-refractivity contribution < 1.29 is 0 Å². The molecule has 0 spiro atoms. The molecule has 1 aromatic carbocycles. The molecule has 126 valence electrons. The largest absolute Gasteiger partial charge is 0.383 e. The number of nitrogens with zero attached hydrogens (tertiary/aromatic N) is 3. The predicted octanol–water partition coefficient (Wildman–Crippen LogP) is 4.77. The molecular weight excluding hydrogens is 320 g/mol. The Kier molecular flexibility index (Phi) is 6.38. The van der Waals surface area contributed by atoms with Crippen molar-refractivity contribution >= 4 is 40.1 Å². The lowest BCUT2D eigenvalue weighted by Gasteiger charge is -2.22. The molecule has 0 fully saturated rings. The topological polar surface area (TPSA) is 55.0 Å². The third kappa shape index (κ3) is 4.15. The van der Waals surface area contributed by atoms with Gasteiger partial charge in [0.05, 0.1) is 5.52 Å².